The van der Waals surface area contributed by atoms with Gasteiger partial charge in [0.2, 0.25) is 15.9 Å². The van der Waals surface area contributed by atoms with Crippen LogP contribution in [0.1, 0.15) is 18.1 Å². The molecule has 2 heterocycles. The van der Waals surface area contributed by atoms with E-state index in [4.69, 9.17) is 0 Å². The highest BCUT2D eigenvalue weighted by atomic mass is 35.5. The first-order valence-electron chi connectivity index (χ1n) is 7.18. The number of aromatic hydroxyl groups is 1. The molecule has 0 bridgehead atoms. The van der Waals surface area contributed by atoms with E-state index in [2.05, 4.69) is 15.1 Å². The number of hydrogen-bond acceptors (Lipinski definition) is 6. The first-order valence-corrected chi connectivity index (χ1v) is 8.62. The standard InChI is InChI=1S/C14H18N4O4S.ClH/c1-4-18-6-9-10(7-18)12-8(13(16-20)14(19)15-12)5-11(9)23(21,22)17(2)3;/h5,15,19H,4,6-7H2,1-3H3;1H. The summed E-state index contributed by atoms with van der Waals surface area (Å²) in [5, 5.41) is 13.0. The first kappa shape index (κ1) is 18.7. The molecule has 2 N–H and O–H groups in total. The lowest BCUT2D eigenvalue weighted by molar-refractivity contribution is 0.300. The van der Waals surface area contributed by atoms with E-state index in [-0.39, 0.29) is 28.9 Å². The molecule has 1 aliphatic rings. The Labute approximate surface area is 145 Å². The predicted octanol–water partition coefficient (Wildman–Crippen LogP) is 2.28. The first-order chi connectivity index (χ1) is 10.8. The molecule has 0 radical (unpaired) electrons. The van der Waals surface area contributed by atoms with Gasteiger partial charge in [-0.05, 0) is 28.9 Å². The monoisotopic (exact) mass is 374 g/mol. The predicted molar refractivity (Wildman–Crippen MR) is 93.3 cm³/mol. The zero-order chi connectivity index (χ0) is 16.9. The normalized spacial score (nSPS) is 14.8. The third-order valence-corrected chi connectivity index (χ3v) is 6.17. The number of H-pyrrole nitrogens is 1. The van der Waals surface area contributed by atoms with E-state index < -0.39 is 10.0 Å². The van der Waals surface area contributed by atoms with Gasteiger partial charge in [-0.15, -0.1) is 17.3 Å². The average Bonchev–Trinajstić information content (AvgIpc) is 3.05. The van der Waals surface area contributed by atoms with Crippen molar-refractivity contribution in [1.29, 1.82) is 0 Å². The number of hydrogen-bond donors (Lipinski definition) is 2. The van der Waals surface area contributed by atoms with Crippen molar-refractivity contribution >= 4 is 39.0 Å². The van der Waals surface area contributed by atoms with E-state index >= 15 is 0 Å². The fourth-order valence-corrected chi connectivity index (χ4v) is 4.14. The number of nitrogens with zero attached hydrogens (tertiary/aromatic N) is 3. The van der Waals surface area contributed by atoms with Crippen LogP contribution in [0.5, 0.6) is 5.88 Å². The summed E-state index contributed by atoms with van der Waals surface area (Å²) in [4.78, 5) is 16.0. The van der Waals surface area contributed by atoms with Crippen LogP contribution in [-0.2, 0) is 23.1 Å². The number of fused-ring (bicyclic) bond motifs is 3. The molecule has 0 saturated heterocycles. The number of nitrogens with one attached hydrogen (secondary N) is 1. The van der Waals surface area contributed by atoms with Crippen LogP contribution in [0, 0.1) is 4.91 Å². The minimum absolute atomic E-state index is 0. The molecule has 0 spiro atoms. The lowest BCUT2D eigenvalue weighted by atomic mass is 10.1. The van der Waals surface area contributed by atoms with Gasteiger partial charge in [0, 0.05) is 32.6 Å². The number of nitroso groups, excluding NO2 is 1. The Kier molecular flexibility index (Phi) is 4.91. The summed E-state index contributed by atoms with van der Waals surface area (Å²) in [6, 6.07) is 1.43. The van der Waals surface area contributed by atoms with E-state index in [9.17, 15) is 18.4 Å². The second kappa shape index (κ2) is 6.32. The molecule has 1 aromatic heterocycles. The highest BCUT2D eigenvalue weighted by molar-refractivity contribution is 7.89. The topological polar surface area (TPSA) is 106 Å². The van der Waals surface area contributed by atoms with Gasteiger partial charge in [0.1, 0.15) is 0 Å². The summed E-state index contributed by atoms with van der Waals surface area (Å²) < 4.78 is 26.5. The Balaban J connectivity index is 0.00000208. The van der Waals surface area contributed by atoms with Crippen molar-refractivity contribution in [2.75, 3.05) is 20.6 Å². The minimum Gasteiger partial charge on any atom is -0.493 e. The van der Waals surface area contributed by atoms with Gasteiger partial charge >= 0.3 is 0 Å². The number of sulfonamides is 1. The molecule has 0 atom stereocenters. The number of aromatic nitrogens is 1. The Morgan fingerprint density at radius 1 is 1.33 bits per heavy atom. The number of benzene rings is 1. The van der Waals surface area contributed by atoms with Crippen LogP contribution in [0.2, 0.25) is 0 Å². The molecular formula is C14H19ClN4O4S. The molecule has 0 aliphatic carbocycles. The lowest BCUT2D eigenvalue weighted by Gasteiger charge is -2.15. The van der Waals surface area contributed by atoms with E-state index in [0.29, 0.717) is 29.6 Å². The Bertz CT molecular complexity index is 907. The number of rotatable bonds is 4. The Morgan fingerprint density at radius 3 is 2.50 bits per heavy atom. The number of halogens is 1. The van der Waals surface area contributed by atoms with Gasteiger partial charge in [-0.1, -0.05) is 6.92 Å². The van der Waals surface area contributed by atoms with Crippen molar-refractivity contribution in [2.24, 2.45) is 5.18 Å². The summed E-state index contributed by atoms with van der Waals surface area (Å²) in [5.41, 5.74) is 1.90. The van der Waals surface area contributed by atoms with E-state index in [1.54, 1.807) is 0 Å². The summed E-state index contributed by atoms with van der Waals surface area (Å²) in [6.45, 7) is 3.82. The fraction of sp³-hybridized carbons (Fsp3) is 0.429. The van der Waals surface area contributed by atoms with Crippen LogP contribution >= 0.6 is 12.4 Å². The third kappa shape index (κ3) is 2.57. The van der Waals surface area contributed by atoms with Gasteiger partial charge in [0.15, 0.2) is 5.69 Å². The molecule has 0 amide bonds. The van der Waals surface area contributed by atoms with Crippen molar-refractivity contribution in [1.82, 2.24) is 14.2 Å². The van der Waals surface area contributed by atoms with Crippen LogP contribution in [0.4, 0.5) is 5.69 Å². The van der Waals surface area contributed by atoms with Gasteiger partial charge in [-0.25, -0.2) is 12.7 Å². The van der Waals surface area contributed by atoms with E-state index in [1.807, 2.05) is 6.92 Å². The molecule has 0 saturated carbocycles. The zero-order valence-electron chi connectivity index (χ0n) is 13.5. The Hall–Kier alpha value is -1.68. The molecule has 0 fully saturated rings. The van der Waals surface area contributed by atoms with E-state index in [1.165, 1.54) is 20.2 Å². The second-order valence-electron chi connectivity index (χ2n) is 5.76. The molecule has 132 valence electrons. The molecule has 8 nitrogen and oxygen atoms in total. The summed E-state index contributed by atoms with van der Waals surface area (Å²) in [6.07, 6.45) is 0. The second-order valence-corrected chi connectivity index (χ2v) is 7.88. The van der Waals surface area contributed by atoms with Gasteiger partial charge in [0.25, 0.3) is 0 Å². The largest absolute Gasteiger partial charge is 0.493 e. The van der Waals surface area contributed by atoms with Crippen molar-refractivity contribution in [3.05, 3.63) is 22.1 Å². The molecule has 1 aromatic carbocycles. The van der Waals surface area contributed by atoms with Gasteiger partial charge in [-0.3, -0.25) is 4.90 Å². The lowest BCUT2D eigenvalue weighted by Crippen LogP contribution is -2.24. The number of aromatic amines is 1. The third-order valence-electron chi connectivity index (χ3n) is 4.29. The van der Waals surface area contributed by atoms with Crippen molar-refractivity contribution in [3.63, 3.8) is 0 Å². The molecular weight excluding hydrogens is 356 g/mol. The van der Waals surface area contributed by atoms with Gasteiger partial charge in [0.05, 0.1) is 10.4 Å². The van der Waals surface area contributed by atoms with Crippen LogP contribution in [-0.4, -0.2) is 48.4 Å². The average molecular weight is 375 g/mol. The molecule has 0 unspecified atom stereocenters. The molecule has 2 aromatic rings. The molecule has 10 heteroatoms. The zero-order valence-corrected chi connectivity index (χ0v) is 15.2. The van der Waals surface area contributed by atoms with Crippen LogP contribution in [0.15, 0.2) is 16.1 Å². The smallest absolute Gasteiger partial charge is 0.242 e. The van der Waals surface area contributed by atoms with Gasteiger partial charge < -0.3 is 10.1 Å². The van der Waals surface area contributed by atoms with Crippen molar-refractivity contribution in [3.8, 4) is 5.88 Å². The minimum atomic E-state index is -3.67. The quantitative estimate of drug-likeness (QED) is 0.798. The van der Waals surface area contributed by atoms with Crippen LogP contribution in [0.3, 0.4) is 0 Å². The molecule has 1 aliphatic heterocycles. The molecule has 24 heavy (non-hydrogen) atoms. The van der Waals surface area contributed by atoms with Crippen molar-refractivity contribution in [2.45, 2.75) is 24.9 Å². The summed E-state index contributed by atoms with van der Waals surface area (Å²) in [5.74, 6) is -0.341. The highest BCUT2D eigenvalue weighted by Gasteiger charge is 2.32. The van der Waals surface area contributed by atoms with Crippen LogP contribution < -0.4 is 0 Å². The summed E-state index contributed by atoms with van der Waals surface area (Å²) >= 11 is 0. The SMILES string of the molecule is CCN1Cc2c(S(=O)(=O)N(C)C)cc3c(N=O)c(O)[nH]c3c2C1.Cl. The highest BCUT2D eigenvalue weighted by Crippen LogP contribution is 2.42. The fourth-order valence-electron chi connectivity index (χ4n) is 2.98. The van der Waals surface area contributed by atoms with Crippen LogP contribution in [0.25, 0.3) is 10.9 Å². The van der Waals surface area contributed by atoms with Gasteiger partial charge in [-0.2, -0.15) is 0 Å². The van der Waals surface area contributed by atoms with Crippen molar-refractivity contribution < 1.29 is 13.5 Å². The maximum atomic E-state index is 12.7. The maximum Gasteiger partial charge on any atom is 0.242 e. The molecule has 3 rings (SSSR count). The summed E-state index contributed by atoms with van der Waals surface area (Å²) in [7, 11) is -0.745. The van der Waals surface area contributed by atoms with E-state index in [0.717, 1.165) is 16.4 Å². The maximum absolute atomic E-state index is 12.7. The Morgan fingerprint density at radius 2 is 1.96 bits per heavy atom.